The zero-order valence-electron chi connectivity index (χ0n) is 18.3. The lowest BCUT2D eigenvalue weighted by molar-refractivity contribution is 0.100. The van der Waals surface area contributed by atoms with Crippen LogP contribution >= 0.6 is 22.7 Å². The van der Waals surface area contributed by atoms with Crippen molar-refractivity contribution < 1.29 is 26.4 Å². The van der Waals surface area contributed by atoms with Crippen LogP contribution in [0.5, 0.6) is 0 Å². The molecule has 5 aromatic rings. The van der Waals surface area contributed by atoms with Crippen LogP contribution in [0, 0.1) is 0 Å². The summed E-state index contributed by atoms with van der Waals surface area (Å²) in [6, 6.07) is 19.2. The summed E-state index contributed by atoms with van der Waals surface area (Å²) in [6.45, 7) is 0. The summed E-state index contributed by atoms with van der Waals surface area (Å²) in [7, 11) is -7.91. The fourth-order valence-electron chi connectivity index (χ4n) is 3.45. The molecule has 8 nitrogen and oxygen atoms in total. The van der Waals surface area contributed by atoms with Crippen LogP contribution in [-0.2, 0) is 19.7 Å². The van der Waals surface area contributed by atoms with E-state index in [1.54, 1.807) is 48.5 Å². The summed E-state index contributed by atoms with van der Waals surface area (Å²) in [5.41, 5.74) is 1.25. The molecule has 0 aliphatic rings. The second-order valence-corrected chi connectivity index (χ2v) is 14.2. The van der Waals surface area contributed by atoms with Gasteiger partial charge in [-0.25, -0.2) is 26.8 Å². The standard InChI is InChI=1S/C24H16N2O6S4/c27-19(13-35(29,30)23-25-17-5-1-3-7-21(17)33-23)15-9-11-16(12-10-15)20(28)14-36(31,32)24-26-18-6-2-4-8-22(18)34-24/h1-12H,13-14H2. The predicted molar refractivity (Wildman–Crippen MR) is 138 cm³/mol. The summed E-state index contributed by atoms with van der Waals surface area (Å²) in [4.78, 5) is 33.5. The Labute approximate surface area is 214 Å². The van der Waals surface area contributed by atoms with Crippen molar-refractivity contribution in [2.75, 3.05) is 11.5 Å². The molecule has 3 aromatic carbocycles. The molecule has 0 aliphatic carbocycles. The first kappa shape index (κ1) is 24.4. The van der Waals surface area contributed by atoms with Gasteiger partial charge in [-0.05, 0) is 24.3 Å². The molecular formula is C24H16N2O6S4. The molecule has 2 heterocycles. The first-order chi connectivity index (χ1) is 17.1. The van der Waals surface area contributed by atoms with Gasteiger partial charge in [0.15, 0.2) is 11.6 Å². The Bertz CT molecular complexity index is 1650. The monoisotopic (exact) mass is 556 g/mol. The number of carbonyl (C=O) groups excluding carboxylic acids is 2. The molecule has 0 saturated heterocycles. The van der Waals surface area contributed by atoms with E-state index in [9.17, 15) is 26.4 Å². The van der Waals surface area contributed by atoms with Crippen molar-refractivity contribution in [1.29, 1.82) is 0 Å². The summed E-state index contributed by atoms with van der Waals surface area (Å²) >= 11 is 1.99. The van der Waals surface area contributed by atoms with E-state index in [0.717, 1.165) is 22.7 Å². The number of aromatic nitrogens is 2. The molecule has 0 amide bonds. The van der Waals surface area contributed by atoms with Crippen molar-refractivity contribution in [2.45, 2.75) is 8.68 Å². The van der Waals surface area contributed by atoms with Gasteiger partial charge in [-0.15, -0.1) is 22.7 Å². The minimum absolute atomic E-state index is 0.0882. The number of nitrogens with zero attached hydrogens (tertiary/aromatic N) is 2. The van der Waals surface area contributed by atoms with E-state index in [4.69, 9.17) is 0 Å². The predicted octanol–water partition coefficient (Wildman–Crippen LogP) is 4.22. The Morgan fingerprint density at radius 2 is 0.944 bits per heavy atom. The number of carbonyl (C=O) groups is 2. The summed E-state index contributed by atoms with van der Waals surface area (Å²) < 4.78 is 52.0. The number of thiazole rings is 2. The van der Waals surface area contributed by atoms with Gasteiger partial charge in [-0.2, -0.15) is 0 Å². The molecule has 0 saturated carbocycles. The fourth-order valence-corrected chi connectivity index (χ4v) is 8.49. The van der Waals surface area contributed by atoms with Gasteiger partial charge in [0.1, 0.15) is 11.5 Å². The highest BCUT2D eigenvalue weighted by molar-refractivity contribution is 7.94. The number of Topliss-reactive ketones (excluding diaryl/α,β-unsaturated/α-hetero) is 2. The molecule has 0 aliphatic heterocycles. The van der Waals surface area contributed by atoms with Crippen LogP contribution in [0.4, 0.5) is 0 Å². The molecule has 12 heteroatoms. The number of rotatable bonds is 8. The second-order valence-electron chi connectivity index (χ2n) is 7.84. The normalized spacial score (nSPS) is 12.2. The van der Waals surface area contributed by atoms with Crippen LogP contribution in [0.2, 0.25) is 0 Å². The summed E-state index contributed by atoms with van der Waals surface area (Å²) in [6.07, 6.45) is 0. The first-order valence-electron chi connectivity index (χ1n) is 10.5. The number of fused-ring (bicyclic) bond motifs is 2. The summed E-state index contributed by atoms with van der Waals surface area (Å²) in [5.74, 6) is -2.86. The molecular weight excluding hydrogens is 541 g/mol. The van der Waals surface area contributed by atoms with E-state index in [1.165, 1.54) is 24.3 Å². The van der Waals surface area contributed by atoms with Gasteiger partial charge in [0.2, 0.25) is 28.4 Å². The number of para-hydroxylation sites is 2. The summed E-state index contributed by atoms with van der Waals surface area (Å²) in [5, 5.41) is 0. The third kappa shape index (κ3) is 4.85. The van der Waals surface area contributed by atoms with Crippen LogP contribution in [0.25, 0.3) is 20.4 Å². The van der Waals surface area contributed by atoms with Crippen molar-refractivity contribution >= 4 is 74.3 Å². The third-order valence-electron chi connectivity index (χ3n) is 5.25. The topological polar surface area (TPSA) is 128 Å². The van der Waals surface area contributed by atoms with Gasteiger partial charge in [0.05, 0.1) is 20.4 Å². The molecule has 0 spiro atoms. The van der Waals surface area contributed by atoms with E-state index in [2.05, 4.69) is 9.97 Å². The van der Waals surface area contributed by atoms with Crippen LogP contribution in [0.15, 0.2) is 81.5 Å². The van der Waals surface area contributed by atoms with E-state index >= 15 is 0 Å². The molecule has 5 rings (SSSR count). The van der Waals surface area contributed by atoms with E-state index < -0.39 is 42.7 Å². The molecule has 0 N–H and O–H groups in total. The van der Waals surface area contributed by atoms with Gasteiger partial charge < -0.3 is 0 Å². The fraction of sp³-hybridized carbons (Fsp3) is 0.0833. The Hall–Kier alpha value is -3.32. The van der Waals surface area contributed by atoms with Gasteiger partial charge in [0, 0.05) is 11.1 Å². The van der Waals surface area contributed by atoms with Gasteiger partial charge >= 0.3 is 0 Å². The zero-order chi connectivity index (χ0) is 25.5. The van der Waals surface area contributed by atoms with Crippen LogP contribution in [0.3, 0.4) is 0 Å². The van der Waals surface area contributed by atoms with Gasteiger partial charge in [-0.3, -0.25) is 9.59 Å². The third-order valence-corrected chi connectivity index (χ3v) is 11.5. The highest BCUT2D eigenvalue weighted by Gasteiger charge is 2.26. The minimum Gasteiger partial charge on any atom is -0.293 e. The van der Waals surface area contributed by atoms with E-state index in [-0.39, 0.29) is 19.8 Å². The molecule has 0 fully saturated rings. The maximum atomic E-state index is 12.7. The lowest BCUT2D eigenvalue weighted by atomic mass is 10.1. The molecule has 0 bridgehead atoms. The molecule has 0 unspecified atom stereocenters. The number of hydrogen-bond acceptors (Lipinski definition) is 10. The zero-order valence-corrected chi connectivity index (χ0v) is 21.6. The maximum absolute atomic E-state index is 12.7. The lowest BCUT2D eigenvalue weighted by Crippen LogP contribution is -2.18. The van der Waals surface area contributed by atoms with Crippen molar-refractivity contribution in [3.63, 3.8) is 0 Å². The highest BCUT2D eigenvalue weighted by atomic mass is 32.2. The average molecular weight is 557 g/mol. The van der Waals surface area contributed by atoms with Crippen molar-refractivity contribution in [3.05, 3.63) is 83.9 Å². The van der Waals surface area contributed by atoms with E-state index in [1.807, 2.05) is 0 Å². The largest absolute Gasteiger partial charge is 0.293 e. The SMILES string of the molecule is O=C(CS(=O)(=O)c1nc2ccccc2s1)c1ccc(C(=O)CS(=O)(=O)c2nc3ccccc3s2)cc1. The second kappa shape index (κ2) is 9.28. The van der Waals surface area contributed by atoms with E-state index in [0.29, 0.717) is 20.4 Å². The lowest BCUT2D eigenvalue weighted by Gasteiger charge is -2.04. The molecule has 0 radical (unpaired) electrons. The molecule has 0 atom stereocenters. The average Bonchev–Trinajstić information content (AvgIpc) is 3.49. The molecule has 2 aromatic heterocycles. The van der Waals surface area contributed by atoms with Crippen LogP contribution in [0.1, 0.15) is 20.7 Å². The maximum Gasteiger partial charge on any atom is 0.212 e. The molecule has 36 heavy (non-hydrogen) atoms. The Balaban J connectivity index is 1.29. The smallest absolute Gasteiger partial charge is 0.212 e. The minimum atomic E-state index is -3.96. The van der Waals surface area contributed by atoms with Gasteiger partial charge in [0.25, 0.3) is 0 Å². The van der Waals surface area contributed by atoms with Crippen molar-refractivity contribution in [3.8, 4) is 0 Å². The quantitative estimate of drug-likeness (QED) is 0.260. The Morgan fingerprint density at radius 1 is 0.583 bits per heavy atom. The Kier molecular flexibility index (Phi) is 6.29. The Morgan fingerprint density at radius 3 is 1.31 bits per heavy atom. The van der Waals surface area contributed by atoms with Crippen molar-refractivity contribution in [2.24, 2.45) is 0 Å². The van der Waals surface area contributed by atoms with Gasteiger partial charge in [-0.1, -0.05) is 48.5 Å². The number of benzene rings is 3. The first-order valence-corrected chi connectivity index (χ1v) is 15.4. The van der Waals surface area contributed by atoms with Crippen LogP contribution < -0.4 is 0 Å². The highest BCUT2D eigenvalue weighted by Crippen LogP contribution is 2.27. The number of sulfone groups is 2. The number of ketones is 2. The van der Waals surface area contributed by atoms with Crippen LogP contribution in [-0.4, -0.2) is 49.9 Å². The molecule has 182 valence electrons. The number of hydrogen-bond donors (Lipinski definition) is 0. The van der Waals surface area contributed by atoms with Crippen molar-refractivity contribution in [1.82, 2.24) is 9.97 Å².